The summed E-state index contributed by atoms with van der Waals surface area (Å²) in [6.07, 6.45) is 4.06. The van der Waals surface area contributed by atoms with Gasteiger partial charge in [-0.1, -0.05) is 37.3 Å². The molecule has 0 saturated carbocycles. The van der Waals surface area contributed by atoms with Gasteiger partial charge in [-0.3, -0.25) is 0 Å². The molecule has 0 saturated heterocycles. The van der Waals surface area contributed by atoms with Gasteiger partial charge in [0, 0.05) is 0 Å². The second-order valence-electron chi connectivity index (χ2n) is 5.50. The van der Waals surface area contributed by atoms with E-state index in [1.54, 1.807) is 18.2 Å². The first-order valence-electron chi connectivity index (χ1n) is 7.76. The van der Waals surface area contributed by atoms with Gasteiger partial charge in [0.2, 0.25) is 0 Å². The molecule has 0 bridgehead atoms. The Morgan fingerprint density at radius 2 is 1.87 bits per heavy atom. The Morgan fingerprint density at radius 1 is 1.13 bits per heavy atom. The summed E-state index contributed by atoms with van der Waals surface area (Å²) in [4.78, 5) is 0. The Hall–Kier alpha value is -2.47. The van der Waals surface area contributed by atoms with Gasteiger partial charge in [0.1, 0.15) is 11.6 Å². The predicted octanol–water partition coefficient (Wildman–Crippen LogP) is 5.59. The number of allylic oxidation sites excluding steroid dienone is 1. The minimum atomic E-state index is -0.342. The molecular formula is C20H19F2N. The smallest absolute Gasteiger partial charge is 0.127 e. The summed E-state index contributed by atoms with van der Waals surface area (Å²) < 4.78 is 27.3. The van der Waals surface area contributed by atoms with E-state index >= 15 is 0 Å². The molecule has 23 heavy (non-hydrogen) atoms. The highest BCUT2D eigenvalue weighted by atomic mass is 19.1. The van der Waals surface area contributed by atoms with Crippen LogP contribution in [0.2, 0.25) is 0 Å². The molecule has 2 aromatic carbocycles. The number of rotatable bonds is 6. The van der Waals surface area contributed by atoms with Gasteiger partial charge in [-0.15, -0.1) is 0 Å². The molecule has 0 atom stereocenters. The number of hydrogen-bond donors (Lipinski definition) is 0. The molecule has 0 aromatic heterocycles. The zero-order valence-corrected chi connectivity index (χ0v) is 13.2. The Labute approximate surface area is 135 Å². The average molecular weight is 311 g/mol. The van der Waals surface area contributed by atoms with Crippen LogP contribution in [0.1, 0.15) is 42.0 Å². The van der Waals surface area contributed by atoms with Crippen molar-refractivity contribution in [2.24, 2.45) is 0 Å². The number of benzene rings is 2. The molecule has 0 unspecified atom stereocenters. The zero-order valence-electron chi connectivity index (χ0n) is 13.2. The van der Waals surface area contributed by atoms with E-state index in [1.807, 2.05) is 37.3 Å². The standard InChI is InChI=1S/C20H19F2N/c1-2-3-19(21)12-16-6-4-15(5-7-16)8-10-18-11-9-17(14-23)13-20(18)22/h4-7,9,11-13H,2-3,8,10H2,1H3/b19-12+. The number of aryl methyl sites for hydroxylation is 2. The third-order valence-corrected chi connectivity index (χ3v) is 3.66. The van der Waals surface area contributed by atoms with Crippen LogP contribution in [0.25, 0.3) is 6.08 Å². The van der Waals surface area contributed by atoms with Crippen LogP contribution in [0.4, 0.5) is 8.78 Å². The van der Waals surface area contributed by atoms with Crippen molar-refractivity contribution in [1.29, 1.82) is 5.26 Å². The molecule has 0 N–H and O–H groups in total. The van der Waals surface area contributed by atoms with Crippen molar-refractivity contribution in [2.75, 3.05) is 0 Å². The van der Waals surface area contributed by atoms with E-state index in [-0.39, 0.29) is 11.6 Å². The van der Waals surface area contributed by atoms with Crippen molar-refractivity contribution in [3.05, 3.63) is 76.4 Å². The molecule has 0 amide bonds. The molecule has 0 fully saturated rings. The fourth-order valence-electron chi connectivity index (χ4n) is 2.37. The Kier molecular flexibility index (Phi) is 6.05. The Bertz CT molecular complexity index is 724. The third kappa shape index (κ3) is 5.03. The Morgan fingerprint density at radius 3 is 2.48 bits per heavy atom. The molecule has 3 heteroatoms. The fraction of sp³-hybridized carbons (Fsp3) is 0.250. The van der Waals surface area contributed by atoms with Crippen molar-refractivity contribution in [3.8, 4) is 6.07 Å². The lowest BCUT2D eigenvalue weighted by Gasteiger charge is -2.05. The van der Waals surface area contributed by atoms with E-state index < -0.39 is 0 Å². The van der Waals surface area contributed by atoms with Crippen LogP contribution < -0.4 is 0 Å². The topological polar surface area (TPSA) is 23.8 Å². The summed E-state index contributed by atoms with van der Waals surface area (Å²) >= 11 is 0. The Balaban J connectivity index is 1.99. The molecular weight excluding hydrogens is 292 g/mol. The predicted molar refractivity (Wildman–Crippen MR) is 89.0 cm³/mol. The van der Waals surface area contributed by atoms with Crippen LogP contribution >= 0.6 is 0 Å². The maximum atomic E-state index is 13.8. The fourth-order valence-corrected chi connectivity index (χ4v) is 2.37. The van der Waals surface area contributed by atoms with Gasteiger partial charge in [0.25, 0.3) is 0 Å². The van der Waals surface area contributed by atoms with Crippen LogP contribution in [-0.2, 0) is 12.8 Å². The number of hydrogen-bond acceptors (Lipinski definition) is 1. The summed E-state index contributed by atoms with van der Waals surface area (Å²) in [5.41, 5.74) is 2.84. The number of nitriles is 1. The highest BCUT2D eigenvalue weighted by molar-refractivity contribution is 5.51. The molecule has 0 spiro atoms. The minimum absolute atomic E-state index is 0.111. The van der Waals surface area contributed by atoms with E-state index in [0.717, 1.165) is 17.5 Å². The lowest BCUT2D eigenvalue weighted by Crippen LogP contribution is -1.95. The van der Waals surface area contributed by atoms with E-state index in [9.17, 15) is 8.78 Å². The monoisotopic (exact) mass is 311 g/mol. The summed E-state index contributed by atoms with van der Waals surface area (Å²) in [6.45, 7) is 1.94. The van der Waals surface area contributed by atoms with Gasteiger partial charge in [-0.25, -0.2) is 8.78 Å². The second-order valence-corrected chi connectivity index (χ2v) is 5.50. The quantitative estimate of drug-likeness (QED) is 0.682. The number of halogens is 2. The molecule has 0 aliphatic heterocycles. The first-order valence-corrected chi connectivity index (χ1v) is 7.76. The van der Waals surface area contributed by atoms with Crippen molar-refractivity contribution < 1.29 is 8.78 Å². The minimum Gasteiger partial charge on any atom is -0.212 e. The molecule has 0 heterocycles. The van der Waals surface area contributed by atoms with Crippen LogP contribution in [-0.4, -0.2) is 0 Å². The molecule has 118 valence electrons. The molecule has 2 aromatic rings. The largest absolute Gasteiger partial charge is 0.212 e. The maximum Gasteiger partial charge on any atom is 0.127 e. The SMILES string of the molecule is CCC/C(F)=C\c1ccc(CCc2ccc(C#N)cc2F)cc1. The summed E-state index contributed by atoms with van der Waals surface area (Å²) in [5, 5.41) is 8.73. The highest BCUT2D eigenvalue weighted by Crippen LogP contribution is 2.16. The molecule has 0 aliphatic carbocycles. The van der Waals surface area contributed by atoms with Gasteiger partial charge in [0.15, 0.2) is 0 Å². The second kappa shape index (κ2) is 8.24. The van der Waals surface area contributed by atoms with Crippen LogP contribution in [0.5, 0.6) is 0 Å². The maximum absolute atomic E-state index is 13.8. The van der Waals surface area contributed by atoms with Crippen LogP contribution in [0.3, 0.4) is 0 Å². The summed E-state index contributed by atoms with van der Waals surface area (Å²) in [5.74, 6) is -0.454. The van der Waals surface area contributed by atoms with Crippen molar-refractivity contribution in [3.63, 3.8) is 0 Å². The van der Waals surface area contributed by atoms with Gasteiger partial charge < -0.3 is 0 Å². The van der Waals surface area contributed by atoms with Crippen molar-refractivity contribution in [2.45, 2.75) is 32.6 Å². The zero-order chi connectivity index (χ0) is 16.7. The van der Waals surface area contributed by atoms with E-state index in [4.69, 9.17) is 5.26 Å². The summed E-state index contributed by atoms with van der Waals surface area (Å²) in [7, 11) is 0. The van der Waals surface area contributed by atoms with Crippen LogP contribution in [0, 0.1) is 17.1 Å². The highest BCUT2D eigenvalue weighted by Gasteiger charge is 2.04. The first kappa shape index (κ1) is 16.9. The average Bonchev–Trinajstić information content (AvgIpc) is 2.55. The van der Waals surface area contributed by atoms with E-state index in [2.05, 4.69) is 0 Å². The molecule has 1 nitrogen and oxygen atoms in total. The number of nitrogens with zero attached hydrogens (tertiary/aromatic N) is 1. The third-order valence-electron chi connectivity index (χ3n) is 3.66. The lowest BCUT2D eigenvalue weighted by atomic mass is 10.0. The normalized spacial score (nSPS) is 11.3. The van der Waals surface area contributed by atoms with E-state index in [0.29, 0.717) is 30.4 Å². The first-order chi connectivity index (χ1) is 11.1. The lowest BCUT2D eigenvalue weighted by molar-refractivity contribution is 0.591. The summed E-state index contributed by atoms with van der Waals surface area (Å²) in [6, 6.07) is 14.1. The van der Waals surface area contributed by atoms with Gasteiger partial charge in [0.05, 0.1) is 11.6 Å². The van der Waals surface area contributed by atoms with E-state index in [1.165, 1.54) is 6.07 Å². The van der Waals surface area contributed by atoms with Crippen LogP contribution in [0.15, 0.2) is 48.3 Å². The van der Waals surface area contributed by atoms with Gasteiger partial charge in [-0.2, -0.15) is 5.26 Å². The van der Waals surface area contributed by atoms with Gasteiger partial charge >= 0.3 is 0 Å². The molecule has 2 rings (SSSR count). The van der Waals surface area contributed by atoms with Crippen molar-refractivity contribution >= 4 is 6.08 Å². The van der Waals surface area contributed by atoms with Crippen molar-refractivity contribution in [1.82, 2.24) is 0 Å². The van der Waals surface area contributed by atoms with Gasteiger partial charge in [-0.05, 0) is 60.6 Å². The molecule has 0 aliphatic rings. The molecule has 0 radical (unpaired) electrons.